The molecule has 2 aromatic rings. The van der Waals surface area contributed by atoms with Crippen LogP contribution in [0.1, 0.15) is 38.1 Å². The molecule has 5 heteroatoms. The number of nitrogens with zero attached hydrogens (tertiary/aromatic N) is 1. The lowest BCUT2D eigenvalue weighted by Gasteiger charge is -2.28. The summed E-state index contributed by atoms with van der Waals surface area (Å²) in [6.45, 7) is 6.88. The maximum absolute atomic E-state index is 12.3. The van der Waals surface area contributed by atoms with Crippen molar-refractivity contribution in [2.24, 2.45) is 11.1 Å². The molecular weight excluding hydrogens is 278 g/mol. The first-order valence-corrected chi connectivity index (χ1v) is 7.89. The Balaban J connectivity index is 1.98. The average molecular weight is 303 g/mol. The van der Waals surface area contributed by atoms with Crippen LogP contribution in [-0.4, -0.2) is 24.0 Å². The van der Waals surface area contributed by atoms with E-state index in [1.54, 1.807) is 0 Å². The number of hydrogen-bond donors (Lipinski definition) is 2. The Labute approximate surface area is 131 Å². The summed E-state index contributed by atoms with van der Waals surface area (Å²) in [5.74, 6) is 0.670. The van der Waals surface area contributed by atoms with Crippen molar-refractivity contribution in [1.29, 1.82) is 0 Å². The summed E-state index contributed by atoms with van der Waals surface area (Å²) < 4.78 is 5.71. The molecule has 0 atom stereocenters. The minimum Gasteiger partial charge on any atom is -0.441 e. The molecule has 22 heavy (non-hydrogen) atoms. The van der Waals surface area contributed by atoms with Crippen LogP contribution in [0.2, 0.25) is 0 Å². The summed E-state index contributed by atoms with van der Waals surface area (Å²) in [5, 5.41) is 2.96. The number of oxazole rings is 1. The molecule has 0 unspecified atom stereocenters. The van der Waals surface area contributed by atoms with E-state index in [0.717, 1.165) is 29.5 Å². The van der Waals surface area contributed by atoms with Crippen molar-refractivity contribution in [3.05, 3.63) is 29.7 Å². The molecule has 0 saturated carbocycles. The number of aromatic nitrogens is 1. The van der Waals surface area contributed by atoms with Gasteiger partial charge in [-0.15, -0.1) is 0 Å². The van der Waals surface area contributed by atoms with Crippen LogP contribution in [-0.2, 0) is 11.2 Å². The Kier molecular flexibility index (Phi) is 5.19. The Bertz CT molecular complexity index is 636. The van der Waals surface area contributed by atoms with Gasteiger partial charge in [0.15, 0.2) is 11.5 Å². The summed E-state index contributed by atoms with van der Waals surface area (Å²) in [4.78, 5) is 16.8. The van der Waals surface area contributed by atoms with Crippen molar-refractivity contribution in [3.8, 4) is 0 Å². The molecule has 120 valence electrons. The van der Waals surface area contributed by atoms with Gasteiger partial charge in [-0.2, -0.15) is 0 Å². The van der Waals surface area contributed by atoms with Crippen molar-refractivity contribution in [1.82, 2.24) is 10.3 Å². The topological polar surface area (TPSA) is 81.2 Å². The molecule has 2 rings (SSSR count). The van der Waals surface area contributed by atoms with Crippen molar-refractivity contribution < 1.29 is 9.21 Å². The number of carbonyl (C=O) groups excluding carboxylic acids is 1. The van der Waals surface area contributed by atoms with Gasteiger partial charge in [0.05, 0.1) is 5.41 Å². The number of benzene rings is 1. The zero-order valence-corrected chi connectivity index (χ0v) is 13.6. The van der Waals surface area contributed by atoms with E-state index in [1.165, 1.54) is 0 Å². The third kappa shape index (κ3) is 3.14. The summed E-state index contributed by atoms with van der Waals surface area (Å²) in [7, 11) is 0. The molecule has 0 fully saturated rings. The van der Waals surface area contributed by atoms with E-state index >= 15 is 0 Å². The van der Waals surface area contributed by atoms with Crippen LogP contribution in [0.25, 0.3) is 11.1 Å². The largest absolute Gasteiger partial charge is 0.441 e. The molecule has 1 aromatic carbocycles. The molecule has 0 aliphatic carbocycles. The molecule has 0 bridgehead atoms. The van der Waals surface area contributed by atoms with Crippen LogP contribution in [0.4, 0.5) is 0 Å². The molecule has 1 amide bonds. The monoisotopic (exact) mass is 303 g/mol. The average Bonchev–Trinajstić information content (AvgIpc) is 2.94. The Hall–Kier alpha value is -1.88. The van der Waals surface area contributed by atoms with Crippen LogP contribution < -0.4 is 11.1 Å². The number of amides is 1. The number of nitrogens with one attached hydrogen (secondary N) is 1. The smallest absolute Gasteiger partial charge is 0.227 e. The van der Waals surface area contributed by atoms with Gasteiger partial charge in [-0.3, -0.25) is 4.79 Å². The third-order valence-corrected chi connectivity index (χ3v) is 4.52. The molecule has 1 heterocycles. The van der Waals surface area contributed by atoms with Crippen LogP contribution in [0.15, 0.2) is 22.6 Å². The molecule has 1 aromatic heterocycles. The summed E-state index contributed by atoms with van der Waals surface area (Å²) >= 11 is 0. The standard InChI is InChI=1S/C17H25N3O2/c1-4-17(5-2,11-18)16(21)19-10-9-14-20-15-12(3)7-6-8-13(15)22-14/h6-8H,4-5,9-11,18H2,1-3H3,(H,19,21). The molecule has 0 spiro atoms. The van der Waals surface area contributed by atoms with Gasteiger partial charge in [0.1, 0.15) is 5.52 Å². The van der Waals surface area contributed by atoms with Crippen LogP contribution in [0.3, 0.4) is 0 Å². The summed E-state index contributed by atoms with van der Waals surface area (Å²) in [5.41, 5.74) is 8.10. The van der Waals surface area contributed by atoms with E-state index in [-0.39, 0.29) is 5.91 Å². The number of nitrogens with two attached hydrogens (primary N) is 1. The Morgan fingerprint density at radius 3 is 2.68 bits per heavy atom. The van der Waals surface area contributed by atoms with Crippen molar-refractivity contribution in [2.45, 2.75) is 40.0 Å². The first-order chi connectivity index (χ1) is 10.6. The lowest BCUT2D eigenvalue weighted by molar-refractivity contribution is -0.131. The first-order valence-electron chi connectivity index (χ1n) is 7.89. The quantitative estimate of drug-likeness (QED) is 0.823. The minimum atomic E-state index is -0.460. The zero-order valence-electron chi connectivity index (χ0n) is 13.6. The summed E-state index contributed by atoms with van der Waals surface area (Å²) in [6, 6.07) is 5.87. The van der Waals surface area contributed by atoms with E-state index in [4.69, 9.17) is 10.2 Å². The number of hydrogen-bond acceptors (Lipinski definition) is 4. The number of rotatable bonds is 7. The van der Waals surface area contributed by atoms with Crippen LogP contribution >= 0.6 is 0 Å². The minimum absolute atomic E-state index is 0.0206. The first kappa shape index (κ1) is 16.5. The van der Waals surface area contributed by atoms with E-state index in [2.05, 4.69) is 10.3 Å². The van der Waals surface area contributed by atoms with Crippen LogP contribution in [0.5, 0.6) is 0 Å². The number of para-hydroxylation sites is 1. The fourth-order valence-corrected chi connectivity index (χ4v) is 2.66. The fourth-order valence-electron chi connectivity index (χ4n) is 2.66. The SMILES string of the molecule is CCC(CC)(CN)C(=O)NCCc1nc2c(C)cccc2o1. The van der Waals surface area contributed by atoms with Crippen molar-refractivity contribution in [3.63, 3.8) is 0 Å². The van der Waals surface area contributed by atoms with Gasteiger partial charge in [0.2, 0.25) is 5.91 Å². The van der Waals surface area contributed by atoms with E-state index in [1.807, 2.05) is 39.0 Å². The second kappa shape index (κ2) is 6.92. The molecule has 5 nitrogen and oxygen atoms in total. The number of fused-ring (bicyclic) bond motifs is 1. The van der Waals surface area contributed by atoms with Crippen LogP contribution in [0, 0.1) is 12.3 Å². The predicted octanol–water partition coefficient (Wildman–Crippen LogP) is 2.56. The highest BCUT2D eigenvalue weighted by Gasteiger charge is 2.32. The van der Waals surface area contributed by atoms with Gasteiger partial charge in [0.25, 0.3) is 0 Å². The van der Waals surface area contributed by atoms with E-state index in [0.29, 0.717) is 25.4 Å². The summed E-state index contributed by atoms with van der Waals surface area (Å²) in [6.07, 6.45) is 2.07. The lowest BCUT2D eigenvalue weighted by Crippen LogP contribution is -2.45. The van der Waals surface area contributed by atoms with Gasteiger partial charge in [-0.25, -0.2) is 4.98 Å². The zero-order chi connectivity index (χ0) is 16.2. The third-order valence-electron chi connectivity index (χ3n) is 4.52. The molecule has 0 saturated heterocycles. The molecular formula is C17H25N3O2. The van der Waals surface area contributed by atoms with Crippen molar-refractivity contribution >= 4 is 17.0 Å². The fraction of sp³-hybridized carbons (Fsp3) is 0.529. The van der Waals surface area contributed by atoms with E-state index in [9.17, 15) is 4.79 Å². The van der Waals surface area contributed by atoms with Gasteiger partial charge < -0.3 is 15.5 Å². The normalized spacial score (nSPS) is 11.8. The predicted molar refractivity (Wildman–Crippen MR) is 87.5 cm³/mol. The second-order valence-corrected chi connectivity index (χ2v) is 5.73. The van der Waals surface area contributed by atoms with Gasteiger partial charge in [-0.05, 0) is 31.4 Å². The maximum atomic E-state index is 12.3. The highest BCUT2D eigenvalue weighted by molar-refractivity contribution is 5.82. The maximum Gasteiger partial charge on any atom is 0.227 e. The van der Waals surface area contributed by atoms with E-state index < -0.39 is 5.41 Å². The highest BCUT2D eigenvalue weighted by atomic mass is 16.3. The lowest BCUT2D eigenvalue weighted by atomic mass is 9.81. The molecule has 0 aliphatic rings. The molecule has 3 N–H and O–H groups in total. The van der Waals surface area contributed by atoms with Gasteiger partial charge in [0, 0.05) is 19.5 Å². The molecule has 0 aliphatic heterocycles. The van der Waals surface area contributed by atoms with Gasteiger partial charge in [-0.1, -0.05) is 26.0 Å². The Morgan fingerprint density at radius 2 is 2.09 bits per heavy atom. The number of carbonyl (C=O) groups is 1. The van der Waals surface area contributed by atoms with Gasteiger partial charge >= 0.3 is 0 Å². The Morgan fingerprint density at radius 1 is 1.36 bits per heavy atom. The second-order valence-electron chi connectivity index (χ2n) is 5.73. The molecule has 0 radical (unpaired) electrons. The van der Waals surface area contributed by atoms with Crippen molar-refractivity contribution in [2.75, 3.05) is 13.1 Å². The number of aryl methyl sites for hydroxylation is 1. The highest BCUT2D eigenvalue weighted by Crippen LogP contribution is 2.25.